The van der Waals surface area contributed by atoms with Crippen LogP contribution in [0.25, 0.3) is 0 Å². The molecule has 17 heavy (non-hydrogen) atoms. The number of fused-ring (bicyclic) bond motifs is 1. The Balaban J connectivity index is 1.81. The Morgan fingerprint density at radius 2 is 2.29 bits per heavy atom. The number of para-hydroxylation sites is 1. The first-order chi connectivity index (χ1) is 8.25. The highest BCUT2D eigenvalue weighted by Gasteiger charge is 2.34. The van der Waals surface area contributed by atoms with Crippen molar-refractivity contribution in [3.8, 4) is 11.5 Å². The van der Waals surface area contributed by atoms with Crippen molar-refractivity contribution in [2.45, 2.75) is 25.0 Å². The summed E-state index contributed by atoms with van der Waals surface area (Å²) in [7, 11) is 2.15. The largest absolute Gasteiger partial charge is 0.484 e. The van der Waals surface area contributed by atoms with Gasteiger partial charge in [0.05, 0.1) is 5.69 Å². The third kappa shape index (κ3) is 1.82. The maximum Gasteiger partial charge on any atom is 0.184 e. The van der Waals surface area contributed by atoms with Crippen molar-refractivity contribution in [3.05, 3.63) is 18.2 Å². The average molecular weight is 234 g/mol. The van der Waals surface area contributed by atoms with Crippen LogP contribution in [0.2, 0.25) is 0 Å². The SMILES string of the molecule is CN1CCC[C@H]1[C@@H]1COc2c(N)cccc2O1. The number of hydrogen-bond donors (Lipinski definition) is 1. The molecule has 2 aliphatic heterocycles. The fourth-order valence-electron chi connectivity index (χ4n) is 2.74. The van der Waals surface area contributed by atoms with Crippen molar-refractivity contribution in [3.63, 3.8) is 0 Å². The molecule has 0 radical (unpaired) electrons. The standard InChI is InChI=1S/C13H18N2O2/c1-15-7-3-5-10(15)12-8-16-13-9(14)4-2-6-11(13)17-12/h2,4,6,10,12H,3,5,7-8,14H2,1H3/t10-,12-/m0/s1. The number of likely N-dealkylation sites (N-methyl/N-ethyl adjacent to an activating group) is 1. The molecule has 2 aliphatic rings. The van der Waals surface area contributed by atoms with Crippen LogP contribution in [0.1, 0.15) is 12.8 Å². The van der Waals surface area contributed by atoms with Crippen LogP contribution >= 0.6 is 0 Å². The molecule has 1 aromatic carbocycles. The van der Waals surface area contributed by atoms with Gasteiger partial charge in [-0.05, 0) is 38.6 Å². The van der Waals surface area contributed by atoms with E-state index in [2.05, 4.69) is 11.9 Å². The zero-order valence-electron chi connectivity index (χ0n) is 10.1. The van der Waals surface area contributed by atoms with Crippen LogP contribution in [0.4, 0.5) is 5.69 Å². The number of benzene rings is 1. The molecule has 0 spiro atoms. The van der Waals surface area contributed by atoms with E-state index in [1.54, 1.807) is 0 Å². The van der Waals surface area contributed by atoms with E-state index in [1.807, 2.05) is 18.2 Å². The highest BCUT2D eigenvalue weighted by Crippen LogP contribution is 2.38. The molecule has 0 unspecified atom stereocenters. The van der Waals surface area contributed by atoms with Crippen LogP contribution in [0.3, 0.4) is 0 Å². The minimum Gasteiger partial charge on any atom is -0.484 e. The number of nitrogens with two attached hydrogens (primary N) is 1. The van der Waals surface area contributed by atoms with Gasteiger partial charge >= 0.3 is 0 Å². The van der Waals surface area contributed by atoms with Gasteiger partial charge in [-0.15, -0.1) is 0 Å². The summed E-state index contributed by atoms with van der Waals surface area (Å²) in [4.78, 5) is 2.35. The molecule has 4 nitrogen and oxygen atoms in total. The van der Waals surface area contributed by atoms with Gasteiger partial charge in [-0.3, -0.25) is 4.90 Å². The quantitative estimate of drug-likeness (QED) is 0.748. The number of nitrogen functional groups attached to an aromatic ring is 1. The smallest absolute Gasteiger partial charge is 0.184 e. The summed E-state index contributed by atoms with van der Waals surface area (Å²) in [5, 5.41) is 0. The van der Waals surface area contributed by atoms with E-state index >= 15 is 0 Å². The first kappa shape index (κ1) is 10.7. The van der Waals surface area contributed by atoms with E-state index in [-0.39, 0.29) is 6.10 Å². The van der Waals surface area contributed by atoms with Crippen LogP contribution in [0.15, 0.2) is 18.2 Å². The topological polar surface area (TPSA) is 47.7 Å². The predicted octanol–water partition coefficient (Wildman–Crippen LogP) is 1.50. The van der Waals surface area contributed by atoms with Gasteiger partial charge in [0.2, 0.25) is 0 Å². The Morgan fingerprint density at radius 3 is 3.06 bits per heavy atom. The van der Waals surface area contributed by atoms with Crippen molar-refractivity contribution in [1.82, 2.24) is 4.90 Å². The van der Waals surface area contributed by atoms with E-state index in [1.165, 1.54) is 12.8 Å². The Hall–Kier alpha value is -1.42. The number of ether oxygens (including phenoxy) is 2. The molecule has 0 aromatic heterocycles. The second-order valence-corrected chi connectivity index (χ2v) is 4.83. The van der Waals surface area contributed by atoms with Crippen molar-refractivity contribution in [2.24, 2.45) is 0 Å². The predicted molar refractivity (Wildman–Crippen MR) is 66.4 cm³/mol. The Kier molecular flexibility index (Phi) is 2.59. The monoisotopic (exact) mass is 234 g/mol. The van der Waals surface area contributed by atoms with Gasteiger partial charge in [0.25, 0.3) is 0 Å². The number of anilines is 1. The zero-order valence-corrected chi connectivity index (χ0v) is 10.1. The van der Waals surface area contributed by atoms with E-state index in [0.29, 0.717) is 24.1 Å². The number of rotatable bonds is 1. The number of nitrogens with zero attached hydrogens (tertiary/aromatic N) is 1. The molecule has 92 valence electrons. The van der Waals surface area contributed by atoms with Crippen molar-refractivity contribution in [1.29, 1.82) is 0 Å². The van der Waals surface area contributed by atoms with Gasteiger partial charge in [-0.2, -0.15) is 0 Å². The maximum absolute atomic E-state index is 6.02. The summed E-state index contributed by atoms with van der Waals surface area (Å²) in [5.41, 5.74) is 6.51. The van der Waals surface area contributed by atoms with Crippen LogP contribution in [-0.4, -0.2) is 37.2 Å². The van der Waals surface area contributed by atoms with Gasteiger partial charge in [0.15, 0.2) is 11.5 Å². The number of hydrogen-bond acceptors (Lipinski definition) is 4. The normalized spacial score (nSPS) is 28.3. The van der Waals surface area contributed by atoms with Gasteiger partial charge in [0, 0.05) is 6.04 Å². The highest BCUT2D eigenvalue weighted by molar-refractivity contribution is 5.60. The van der Waals surface area contributed by atoms with Crippen LogP contribution in [0.5, 0.6) is 11.5 Å². The van der Waals surface area contributed by atoms with Crippen molar-refractivity contribution in [2.75, 3.05) is 25.9 Å². The van der Waals surface area contributed by atoms with Gasteiger partial charge in [-0.25, -0.2) is 0 Å². The lowest BCUT2D eigenvalue weighted by atomic mass is 10.1. The number of likely N-dealkylation sites (tertiary alicyclic amines) is 1. The summed E-state index contributed by atoms with van der Waals surface area (Å²) in [6, 6.07) is 6.12. The summed E-state index contributed by atoms with van der Waals surface area (Å²) in [6.07, 6.45) is 2.55. The molecule has 0 saturated carbocycles. The van der Waals surface area contributed by atoms with Gasteiger partial charge < -0.3 is 15.2 Å². The lowest BCUT2D eigenvalue weighted by Crippen LogP contribution is -2.45. The molecule has 2 atom stereocenters. The van der Waals surface area contributed by atoms with E-state index < -0.39 is 0 Å². The molecule has 0 amide bonds. The zero-order chi connectivity index (χ0) is 11.8. The minimum absolute atomic E-state index is 0.122. The van der Waals surface area contributed by atoms with E-state index in [9.17, 15) is 0 Å². The molecule has 2 heterocycles. The second-order valence-electron chi connectivity index (χ2n) is 4.83. The average Bonchev–Trinajstić information content (AvgIpc) is 2.75. The van der Waals surface area contributed by atoms with E-state index in [0.717, 1.165) is 12.3 Å². The molecule has 1 fully saturated rings. The summed E-state index contributed by atoms with van der Waals surface area (Å²) in [5.74, 6) is 1.48. The molecule has 4 heteroatoms. The fourth-order valence-corrected chi connectivity index (χ4v) is 2.74. The molecular formula is C13H18N2O2. The summed E-state index contributed by atoms with van der Waals surface area (Å²) < 4.78 is 11.8. The van der Waals surface area contributed by atoms with Crippen LogP contribution < -0.4 is 15.2 Å². The molecule has 2 N–H and O–H groups in total. The third-order valence-electron chi connectivity index (χ3n) is 3.69. The van der Waals surface area contributed by atoms with E-state index in [4.69, 9.17) is 15.2 Å². The second kappa shape index (κ2) is 4.11. The van der Waals surface area contributed by atoms with Crippen molar-refractivity contribution >= 4 is 5.69 Å². The van der Waals surface area contributed by atoms with Crippen LogP contribution in [-0.2, 0) is 0 Å². The molecule has 1 aromatic rings. The Bertz CT molecular complexity index is 422. The molecule has 0 bridgehead atoms. The van der Waals surface area contributed by atoms with Gasteiger partial charge in [0.1, 0.15) is 12.7 Å². The molecule has 1 saturated heterocycles. The Labute approximate surface area is 101 Å². The van der Waals surface area contributed by atoms with Gasteiger partial charge in [-0.1, -0.05) is 6.07 Å². The van der Waals surface area contributed by atoms with Crippen LogP contribution in [0, 0.1) is 0 Å². The highest BCUT2D eigenvalue weighted by atomic mass is 16.6. The lowest BCUT2D eigenvalue weighted by Gasteiger charge is -2.33. The fraction of sp³-hybridized carbons (Fsp3) is 0.538. The summed E-state index contributed by atoms with van der Waals surface area (Å²) >= 11 is 0. The first-order valence-electron chi connectivity index (χ1n) is 6.14. The Morgan fingerprint density at radius 1 is 1.41 bits per heavy atom. The minimum atomic E-state index is 0.122. The van der Waals surface area contributed by atoms with Crippen molar-refractivity contribution < 1.29 is 9.47 Å². The third-order valence-corrected chi connectivity index (χ3v) is 3.69. The summed E-state index contributed by atoms with van der Waals surface area (Å²) in [6.45, 7) is 1.74. The first-order valence-corrected chi connectivity index (χ1v) is 6.14. The maximum atomic E-state index is 6.02. The molecule has 3 rings (SSSR count). The molecule has 0 aliphatic carbocycles. The molecular weight excluding hydrogens is 216 g/mol. The lowest BCUT2D eigenvalue weighted by molar-refractivity contribution is 0.0374.